The van der Waals surface area contributed by atoms with E-state index in [0.29, 0.717) is 6.04 Å². The molecular weight excluding hydrogens is 148 g/mol. The summed E-state index contributed by atoms with van der Waals surface area (Å²) in [6.45, 7) is 3.18. The van der Waals surface area contributed by atoms with Crippen molar-refractivity contribution in [3.05, 3.63) is 29.3 Å². The van der Waals surface area contributed by atoms with Crippen molar-refractivity contribution in [3.63, 3.8) is 0 Å². The van der Waals surface area contributed by atoms with E-state index in [-0.39, 0.29) is 0 Å². The Morgan fingerprint density at radius 3 is 2.83 bits per heavy atom. The van der Waals surface area contributed by atoms with Gasteiger partial charge in [-0.25, -0.2) is 0 Å². The first-order valence-electron chi connectivity index (χ1n) is 4.37. The lowest BCUT2D eigenvalue weighted by molar-refractivity contribution is 0.384. The SMILES string of the molecule is Cc1cccc(C2CCN2)c1N. The zero-order valence-electron chi connectivity index (χ0n) is 7.30. The molecule has 0 bridgehead atoms. The average molecular weight is 162 g/mol. The molecule has 12 heavy (non-hydrogen) atoms. The third-order valence-corrected chi connectivity index (χ3v) is 2.56. The maximum Gasteiger partial charge on any atom is 0.0392 e. The Labute approximate surface area is 72.8 Å². The van der Waals surface area contributed by atoms with Crippen LogP contribution >= 0.6 is 0 Å². The Balaban J connectivity index is 2.36. The molecule has 2 nitrogen and oxygen atoms in total. The molecule has 1 aromatic carbocycles. The summed E-state index contributed by atoms with van der Waals surface area (Å²) in [6.07, 6.45) is 1.22. The summed E-state index contributed by atoms with van der Waals surface area (Å²) in [4.78, 5) is 0. The molecule has 64 valence electrons. The smallest absolute Gasteiger partial charge is 0.0392 e. The zero-order valence-corrected chi connectivity index (χ0v) is 7.30. The molecule has 1 aromatic rings. The van der Waals surface area contributed by atoms with Gasteiger partial charge in [-0.3, -0.25) is 0 Å². The first-order valence-corrected chi connectivity index (χ1v) is 4.37. The Hall–Kier alpha value is -1.02. The van der Waals surface area contributed by atoms with Gasteiger partial charge in [0.25, 0.3) is 0 Å². The van der Waals surface area contributed by atoms with E-state index in [1.807, 2.05) is 0 Å². The highest BCUT2D eigenvalue weighted by molar-refractivity contribution is 5.54. The number of anilines is 1. The molecule has 1 aliphatic heterocycles. The number of nitrogens with two attached hydrogens (primary N) is 1. The van der Waals surface area contributed by atoms with Crippen LogP contribution in [0.25, 0.3) is 0 Å². The highest BCUT2D eigenvalue weighted by Crippen LogP contribution is 2.29. The molecule has 0 aromatic heterocycles. The summed E-state index contributed by atoms with van der Waals surface area (Å²) < 4.78 is 0. The lowest BCUT2D eigenvalue weighted by Crippen LogP contribution is -2.35. The number of rotatable bonds is 1. The number of hydrogen-bond acceptors (Lipinski definition) is 2. The van der Waals surface area contributed by atoms with Crippen LogP contribution in [0.2, 0.25) is 0 Å². The van der Waals surface area contributed by atoms with E-state index in [4.69, 9.17) is 5.73 Å². The molecule has 1 heterocycles. The van der Waals surface area contributed by atoms with Crippen LogP contribution in [0.5, 0.6) is 0 Å². The third kappa shape index (κ3) is 1.08. The minimum atomic E-state index is 0.505. The first-order chi connectivity index (χ1) is 5.79. The van der Waals surface area contributed by atoms with Crippen molar-refractivity contribution in [2.45, 2.75) is 19.4 Å². The highest BCUT2D eigenvalue weighted by atomic mass is 15.0. The van der Waals surface area contributed by atoms with Gasteiger partial charge in [0.1, 0.15) is 0 Å². The van der Waals surface area contributed by atoms with Gasteiger partial charge in [0.2, 0.25) is 0 Å². The van der Waals surface area contributed by atoms with E-state index >= 15 is 0 Å². The summed E-state index contributed by atoms with van der Waals surface area (Å²) in [7, 11) is 0. The molecule has 0 aliphatic carbocycles. The number of benzene rings is 1. The van der Waals surface area contributed by atoms with Crippen molar-refractivity contribution in [3.8, 4) is 0 Å². The van der Waals surface area contributed by atoms with E-state index in [2.05, 4.69) is 30.4 Å². The minimum absolute atomic E-state index is 0.505. The maximum atomic E-state index is 5.95. The average Bonchev–Trinajstić information content (AvgIpc) is 1.95. The molecule has 1 unspecified atom stereocenters. The van der Waals surface area contributed by atoms with Gasteiger partial charge in [-0.05, 0) is 31.0 Å². The number of hydrogen-bond donors (Lipinski definition) is 2. The lowest BCUT2D eigenvalue weighted by Gasteiger charge is -2.29. The van der Waals surface area contributed by atoms with Crippen LogP contribution in [0.4, 0.5) is 5.69 Å². The van der Waals surface area contributed by atoms with Gasteiger partial charge in [0.05, 0.1) is 0 Å². The van der Waals surface area contributed by atoms with Crippen LogP contribution in [0.3, 0.4) is 0 Å². The quantitative estimate of drug-likeness (QED) is 0.616. The second-order valence-corrected chi connectivity index (χ2v) is 3.37. The van der Waals surface area contributed by atoms with Crippen LogP contribution in [-0.2, 0) is 0 Å². The molecule has 1 saturated heterocycles. The molecule has 1 fully saturated rings. The summed E-state index contributed by atoms with van der Waals surface area (Å²) in [5.41, 5.74) is 9.35. The van der Waals surface area contributed by atoms with Gasteiger partial charge in [-0.1, -0.05) is 18.2 Å². The molecule has 0 radical (unpaired) electrons. The normalized spacial score (nSPS) is 21.9. The fourth-order valence-electron chi connectivity index (χ4n) is 1.56. The van der Waals surface area contributed by atoms with Gasteiger partial charge >= 0.3 is 0 Å². The topological polar surface area (TPSA) is 38.0 Å². The maximum absolute atomic E-state index is 5.95. The van der Waals surface area contributed by atoms with Crippen molar-refractivity contribution in [1.82, 2.24) is 5.32 Å². The van der Waals surface area contributed by atoms with Crippen molar-refractivity contribution in [1.29, 1.82) is 0 Å². The van der Waals surface area contributed by atoms with Crippen LogP contribution in [-0.4, -0.2) is 6.54 Å². The molecule has 1 atom stereocenters. The second kappa shape index (κ2) is 2.79. The summed E-state index contributed by atoms with van der Waals surface area (Å²) >= 11 is 0. The van der Waals surface area contributed by atoms with Crippen molar-refractivity contribution in [2.75, 3.05) is 12.3 Å². The van der Waals surface area contributed by atoms with Gasteiger partial charge in [0.15, 0.2) is 0 Å². The van der Waals surface area contributed by atoms with Crippen LogP contribution < -0.4 is 11.1 Å². The molecule has 3 N–H and O–H groups in total. The number of para-hydroxylation sites is 1. The fourth-order valence-corrected chi connectivity index (χ4v) is 1.56. The monoisotopic (exact) mass is 162 g/mol. The molecule has 0 amide bonds. The lowest BCUT2D eigenvalue weighted by atomic mass is 9.95. The van der Waals surface area contributed by atoms with Gasteiger partial charge < -0.3 is 11.1 Å². The Bertz CT molecular complexity index is 290. The third-order valence-electron chi connectivity index (χ3n) is 2.56. The Kier molecular flexibility index (Phi) is 1.77. The number of aryl methyl sites for hydroxylation is 1. The van der Waals surface area contributed by atoms with E-state index in [9.17, 15) is 0 Å². The molecule has 0 saturated carbocycles. The Morgan fingerprint density at radius 2 is 2.25 bits per heavy atom. The molecule has 1 aliphatic rings. The van der Waals surface area contributed by atoms with Crippen molar-refractivity contribution < 1.29 is 0 Å². The standard InChI is InChI=1S/C10H14N2/c1-7-3-2-4-8(10(7)11)9-5-6-12-9/h2-4,9,12H,5-6,11H2,1H3. The first kappa shape index (κ1) is 7.62. The van der Waals surface area contributed by atoms with Crippen LogP contribution in [0.1, 0.15) is 23.6 Å². The van der Waals surface area contributed by atoms with E-state index in [1.54, 1.807) is 0 Å². The summed E-state index contributed by atoms with van der Waals surface area (Å²) in [5, 5.41) is 3.35. The minimum Gasteiger partial charge on any atom is -0.398 e. The van der Waals surface area contributed by atoms with Crippen molar-refractivity contribution >= 4 is 5.69 Å². The van der Waals surface area contributed by atoms with Crippen LogP contribution in [0.15, 0.2) is 18.2 Å². The fraction of sp³-hybridized carbons (Fsp3) is 0.400. The largest absolute Gasteiger partial charge is 0.398 e. The predicted octanol–water partition coefficient (Wildman–Crippen LogP) is 1.61. The van der Waals surface area contributed by atoms with Crippen molar-refractivity contribution in [2.24, 2.45) is 0 Å². The number of nitrogen functional groups attached to an aromatic ring is 1. The van der Waals surface area contributed by atoms with E-state index < -0.39 is 0 Å². The predicted molar refractivity (Wildman–Crippen MR) is 51.0 cm³/mol. The van der Waals surface area contributed by atoms with Gasteiger partial charge in [0, 0.05) is 11.7 Å². The van der Waals surface area contributed by atoms with E-state index in [1.165, 1.54) is 17.5 Å². The molecule has 0 spiro atoms. The second-order valence-electron chi connectivity index (χ2n) is 3.37. The summed E-state index contributed by atoms with van der Waals surface area (Å²) in [6, 6.07) is 6.74. The van der Waals surface area contributed by atoms with Gasteiger partial charge in [-0.15, -0.1) is 0 Å². The number of nitrogens with one attached hydrogen (secondary N) is 1. The van der Waals surface area contributed by atoms with Gasteiger partial charge in [-0.2, -0.15) is 0 Å². The highest BCUT2D eigenvalue weighted by Gasteiger charge is 2.20. The molecular formula is C10H14N2. The molecule has 2 heteroatoms. The molecule has 2 rings (SSSR count). The summed E-state index contributed by atoms with van der Waals surface area (Å²) in [5.74, 6) is 0. The van der Waals surface area contributed by atoms with Crippen LogP contribution in [0, 0.1) is 6.92 Å². The van der Waals surface area contributed by atoms with E-state index in [0.717, 1.165) is 12.2 Å². The zero-order chi connectivity index (χ0) is 8.55. The Morgan fingerprint density at radius 1 is 1.50 bits per heavy atom.